The first-order valence-electron chi connectivity index (χ1n) is 3.27. The molecule has 1 rings (SSSR count). The van der Waals surface area contributed by atoms with Crippen LogP contribution < -0.4 is 0 Å². The van der Waals surface area contributed by atoms with Crippen molar-refractivity contribution in [3.63, 3.8) is 0 Å². The van der Waals surface area contributed by atoms with E-state index in [1.54, 1.807) is 13.8 Å². The Bertz CT molecular complexity index is 370. The molecule has 1 heterocycles. The molecule has 0 aromatic carbocycles. The van der Waals surface area contributed by atoms with Crippen molar-refractivity contribution >= 4 is 19.7 Å². The lowest BCUT2D eigenvalue weighted by atomic mass is 10.4. The third kappa shape index (κ3) is 1.75. The number of hydrogen-bond donors (Lipinski definition) is 0. The van der Waals surface area contributed by atoms with Gasteiger partial charge in [-0.2, -0.15) is 5.10 Å². The molecule has 0 saturated carbocycles. The maximum atomic E-state index is 10.9. The van der Waals surface area contributed by atoms with Crippen molar-refractivity contribution in [2.75, 3.05) is 0 Å². The van der Waals surface area contributed by atoms with Gasteiger partial charge in [0, 0.05) is 16.7 Å². The van der Waals surface area contributed by atoms with Crippen LogP contribution in [-0.4, -0.2) is 23.2 Å². The van der Waals surface area contributed by atoms with Crippen LogP contribution in [0.15, 0.2) is 11.5 Å². The zero-order chi connectivity index (χ0) is 9.35. The van der Waals surface area contributed by atoms with E-state index in [0.717, 1.165) is 6.33 Å². The molecule has 5 nitrogen and oxygen atoms in total. The smallest absolute Gasteiger partial charge is 0.233 e. The predicted octanol–water partition coefficient (Wildman–Crippen LogP) is 0.786. The van der Waals surface area contributed by atoms with Crippen molar-refractivity contribution in [2.24, 2.45) is 0 Å². The topological polar surface area (TPSA) is 64.8 Å². The summed E-state index contributed by atoms with van der Waals surface area (Å²) in [6.07, 6.45) is 1.16. The molecule has 0 radical (unpaired) electrons. The van der Waals surface area contributed by atoms with E-state index < -0.39 is 9.05 Å². The van der Waals surface area contributed by atoms with Gasteiger partial charge in [0.25, 0.3) is 14.2 Å². The molecule has 0 spiro atoms. The SMILES string of the molecule is CC(C)n1ncnc1S(=O)(=O)Cl. The Balaban J connectivity index is 3.26. The zero-order valence-electron chi connectivity index (χ0n) is 6.60. The second kappa shape index (κ2) is 3.02. The molecule has 0 aliphatic carbocycles. The Hall–Kier alpha value is -0.620. The maximum Gasteiger partial charge on any atom is 0.296 e. The van der Waals surface area contributed by atoms with E-state index in [2.05, 4.69) is 10.1 Å². The standard InChI is InChI=1S/C5H8ClN3O2S/c1-4(2)9-5(7-3-8-9)12(6,10)11/h3-4H,1-2H3. The lowest BCUT2D eigenvalue weighted by Gasteiger charge is -2.05. The second-order valence-electron chi connectivity index (χ2n) is 2.52. The summed E-state index contributed by atoms with van der Waals surface area (Å²) in [5.41, 5.74) is 0. The summed E-state index contributed by atoms with van der Waals surface area (Å²) in [4.78, 5) is 3.54. The van der Waals surface area contributed by atoms with Crippen LogP contribution in [0.25, 0.3) is 0 Å². The van der Waals surface area contributed by atoms with Gasteiger partial charge in [0.15, 0.2) is 0 Å². The summed E-state index contributed by atoms with van der Waals surface area (Å²) in [5, 5.41) is 3.51. The number of halogens is 1. The van der Waals surface area contributed by atoms with Crippen molar-refractivity contribution < 1.29 is 8.42 Å². The van der Waals surface area contributed by atoms with Crippen molar-refractivity contribution in [3.8, 4) is 0 Å². The van der Waals surface area contributed by atoms with Gasteiger partial charge in [-0.3, -0.25) is 0 Å². The van der Waals surface area contributed by atoms with Crippen LogP contribution in [0.1, 0.15) is 19.9 Å². The highest BCUT2D eigenvalue weighted by molar-refractivity contribution is 8.13. The minimum absolute atomic E-state index is 0.0731. The van der Waals surface area contributed by atoms with Gasteiger partial charge in [-0.25, -0.2) is 18.1 Å². The number of nitrogens with zero attached hydrogens (tertiary/aromatic N) is 3. The summed E-state index contributed by atoms with van der Waals surface area (Å²) in [5.74, 6) is 0. The maximum absolute atomic E-state index is 10.9. The molecule has 0 aliphatic heterocycles. The highest BCUT2D eigenvalue weighted by Crippen LogP contribution is 2.14. The monoisotopic (exact) mass is 209 g/mol. The summed E-state index contributed by atoms with van der Waals surface area (Å²) in [6.45, 7) is 3.58. The van der Waals surface area contributed by atoms with Gasteiger partial charge in [-0.1, -0.05) is 0 Å². The minimum Gasteiger partial charge on any atom is -0.233 e. The van der Waals surface area contributed by atoms with Crippen LogP contribution in [0, 0.1) is 0 Å². The minimum atomic E-state index is -3.77. The van der Waals surface area contributed by atoms with E-state index >= 15 is 0 Å². The molecule has 0 unspecified atom stereocenters. The first-order valence-corrected chi connectivity index (χ1v) is 5.58. The average molecular weight is 210 g/mol. The highest BCUT2D eigenvalue weighted by Gasteiger charge is 2.19. The van der Waals surface area contributed by atoms with Gasteiger partial charge in [-0.05, 0) is 13.8 Å². The Kier molecular flexibility index (Phi) is 2.39. The molecule has 0 aliphatic rings. The molecule has 7 heteroatoms. The number of rotatable bonds is 2. The van der Waals surface area contributed by atoms with E-state index in [1.807, 2.05) is 0 Å². The van der Waals surface area contributed by atoms with Gasteiger partial charge in [0.05, 0.1) is 0 Å². The molecule has 68 valence electrons. The summed E-state index contributed by atoms with van der Waals surface area (Å²) < 4.78 is 23.0. The molecule has 1 aromatic heterocycles. The second-order valence-corrected chi connectivity index (χ2v) is 4.98. The van der Waals surface area contributed by atoms with Crippen LogP contribution in [0.2, 0.25) is 0 Å². The van der Waals surface area contributed by atoms with Crippen LogP contribution in [0.3, 0.4) is 0 Å². The van der Waals surface area contributed by atoms with E-state index in [1.165, 1.54) is 4.68 Å². The third-order valence-electron chi connectivity index (χ3n) is 1.25. The zero-order valence-corrected chi connectivity index (χ0v) is 8.17. The normalized spacial score (nSPS) is 12.3. The molecular formula is C5H8ClN3O2S. The van der Waals surface area contributed by atoms with Crippen LogP contribution in [-0.2, 0) is 9.05 Å². The van der Waals surface area contributed by atoms with Gasteiger partial charge < -0.3 is 0 Å². The molecule has 0 N–H and O–H groups in total. The summed E-state index contributed by atoms with van der Waals surface area (Å²) in [7, 11) is 1.32. The summed E-state index contributed by atoms with van der Waals surface area (Å²) in [6, 6.07) is -0.0731. The fourth-order valence-electron chi connectivity index (χ4n) is 0.768. The predicted molar refractivity (Wildman–Crippen MR) is 43.4 cm³/mol. The van der Waals surface area contributed by atoms with E-state index in [9.17, 15) is 8.42 Å². The first-order chi connectivity index (χ1) is 5.43. The highest BCUT2D eigenvalue weighted by atomic mass is 35.7. The van der Waals surface area contributed by atoms with Gasteiger partial charge >= 0.3 is 0 Å². The van der Waals surface area contributed by atoms with Crippen LogP contribution >= 0.6 is 10.7 Å². The van der Waals surface area contributed by atoms with Gasteiger partial charge in [0.2, 0.25) is 0 Å². The van der Waals surface area contributed by atoms with E-state index in [-0.39, 0.29) is 11.2 Å². The number of hydrogen-bond acceptors (Lipinski definition) is 4. The lowest BCUT2D eigenvalue weighted by Crippen LogP contribution is -2.09. The Labute approximate surface area is 74.8 Å². The van der Waals surface area contributed by atoms with Crippen molar-refractivity contribution in [2.45, 2.75) is 25.0 Å². The molecule has 1 aromatic rings. The Morgan fingerprint density at radius 1 is 1.58 bits per heavy atom. The van der Waals surface area contributed by atoms with Crippen molar-refractivity contribution in [1.29, 1.82) is 0 Å². The van der Waals surface area contributed by atoms with Crippen molar-refractivity contribution in [1.82, 2.24) is 14.8 Å². The van der Waals surface area contributed by atoms with Crippen LogP contribution in [0.5, 0.6) is 0 Å². The lowest BCUT2D eigenvalue weighted by molar-refractivity contribution is 0.474. The van der Waals surface area contributed by atoms with E-state index in [4.69, 9.17) is 10.7 Å². The molecule has 12 heavy (non-hydrogen) atoms. The number of aromatic nitrogens is 3. The quantitative estimate of drug-likeness (QED) is 0.676. The van der Waals surface area contributed by atoms with Gasteiger partial charge in [0.1, 0.15) is 6.33 Å². The molecule has 0 saturated heterocycles. The largest absolute Gasteiger partial charge is 0.296 e. The molecular weight excluding hydrogens is 202 g/mol. The molecule has 0 amide bonds. The van der Waals surface area contributed by atoms with Crippen LogP contribution in [0.4, 0.5) is 0 Å². The fourth-order valence-corrected chi connectivity index (χ4v) is 1.75. The Morgan fingerprint density at radius 3 is 2.50 bits per heavy atom. The molecule has 0 atom stereocenters. The third-order valence-corrected chi connectivity index (χ3v) is 2.39. The first kappa shape index (κ1) is 9.47. The fraction of sp³-hybridized carbons (Fsp3) is 0.600. The average Bonchev–Trinajstić information content (AvgIpc) is 2.30. The van der Waals surface area contributed by atoms with Gasteiger partial charge in [-0.15, -0.1) is 0 Å². The van der Waals surface area contributed by atoms with E-state index in [0.29, 0.717) is 0 Å². The summed E-state index contributed by atoms with van der Waals surface area (Å²) >= 11 is 0. The molecule has 0 fully saturated rings. The van der Waals surface area contributed by atoms with Crippen molar-refractivity contribution in [3.05, 3.63) is 6.33 Å². The Morgan fingerprint density at radius 2 is 2.17 bits per heavy atom. The molecule has 0 bridgehead atoms.